The monoisotopic (exact) mass is 280 g/mol. The van der Waals surface area contributed by atoms with Crippen LogP contribution in [0.1, 0.15) is 31.7 Å². The number of benzene rings is 1. The highest BCUT2D eigenvalue weighted by Crippen LogP contribution is 2.29. The zero-order valence-electron chi connectivity index (χ0n) is 9.58. The summed E-state index contributed by atoms with van der Waals surface area (Å²) in [5, 5.41) is 0. The standard InChI is InChI=1S/C14H17BrO/c1-10-5-6-14(16)12(7-10)8-11-3-2-4-13(15)9-11/h2-4,9-10,12H,5-8H2,1H3. The lowest BCUT2D eigenvalue weighted by Crippen LogP contribution is -2.25. The maximum atomic E-state index is 11.8. The van der Waals surface area contributed by atoms with E-state index in [4.69, 9.17) is 0 Å². The molecule has 1 aliphatic carbocycles. The third-order valence-electron chi connectivity index (χ3n) is 3.40. The minimum atomic E-state index is 0.248. The molecule has 2 atom stereocenters. The number of ketones is 1. The molecule has 1 aromatic carbocycles. The van der Waals surface area contributed by atoms with Crippen molar-refractivity contribution in [2.75, 3.05) is 0 Å². The molecule has 0 saturated heterocycles. The first-order valence-electron chi connectivity index (χ1n) is 5.92. The number of hydrogen-bond acceptors (Lipinski definition) is 1. The summed E-state index contributed by atoms with van der Waals surface area (Å²) in [5.41, 5.74) is 1.27. The maximum Gasteiger partial charge on any atom is 0.136 e. The fourth-order valence-corrected chi connectivity index (χ4v) is 2.92. The van der Waals surface area contributed by atoms with Crippen LogP contribution in [0.15, 0.2) is 28.7 Å². The SMILES string of the molecule is CC1CCC(=O)C(Cc2cccc(Br)c2)C1. The van der Waals surface area contributed by atoms with Crippen LogP contribution in [-0.2, 0) is 11.2 Å². The Labute approximate surface area is 105 Å². The molecule has 16 heavy (non-hydrogen) atoms. The van der Waals surface area contributed by atoms with Crippen LogP contribution in [0.3, 0.4) is 0 Å². The summed E-state index contributed by atoms with van der Waals surface area (Å²) in [6.07, 6.45) is 3.82. The number of halogens is 1. The minimum Gasteiger partial charge on any atom is -0.299 e. The predicted molar refractivity (Wildman–Crippen MR) is 69.4 cm³/mol. The highest BCUT2D eigenvalue weighted by Gasteiger charge is 2.26. The maximum absolute atomic E-state index is 11.8. The zero-order chi connectivity index (χ0) is 11.5. The number of hydrogen-bond donors (Lipinski definition) is 0. The van der Waals surface area contributed by atoms with Gasteiger partial charge in [0.25, 0.3) is 0 Å². The highest BCUT2D eigenvalue weighted by atomic mass is 79.9. The van der Waals surface area contributed by atoms with Crippen LogP contribution in [0, 0.1) is 11.8 Å². The van der Waals surface area contributed by atoms with Crippen LogP contribution in [0.5, 0.6) is 0 Å². The van der Waals surface area contributed by atoms with Crippen molar-refractivity contribution in [3.63, 3.8) is 0 Å². The van der Waals surface area contributed by atoms with Crippen LogP contribution in [0.2, 0.25) is 0 Å². The molecule has 2 unspecified atom stereocenters. The largest absolute Gasteiger partial charge is 0.299 e. The van der Waals surface area contributed by atoms with Gasteiger partial charge in [-0.25, -0.2) is 0 Å². The van der Waals surface area contributed by atoms with Crippen LogP contribution >= 0.6 is 15.9 Å². The molecule has 0 spiro atoms. The number of carbonyl (C=O) groups excluding carboxylic acids is 1. The van der Waals surface area contributed by atoms with Gasteiger partial charge in [-0.05, 0) is 42.9 Å². The second-order valence-corrected chi connectivity index (χ2v) is 5.79. The van der Waals surface area contributed by atoms with Gasteiger partial charge in [0.1, 0.15) is 5.78 Å². The quantitative estimate of drug-likeness (QED) is 0.801. The molecule has 1 nitrogen and oxygen atoms in total. The molecule has 0 aromatic heterocycles. The first-order valence-corrected chi connectivity index (χ1v) is 6.71. The molecule has 0 amide bonds. The molecule has 0 bridgehead atoms. The van der Waals surface area contributed by atoms with Gasteiger partial charge in [-0.1, -0.05) is 35.0 Å². The van der Waals surface area contributed by atoms with Crippen LogP contribution in [0.4, 0.5) is 0 Å². The Kier molecular flexibility index (Phi) is 3.80. The van der Waals surface area contributed by atoms with Gasteiger partial charge in [0.2, 0.25) is 0 Å². The molecule has 2 rings (SSSR count). The normalized spacial score (nSPS) is 25.8. The lowest BCUT2D eigenvalue weighted by Gasteiger charge is -2.25. The Morgan fingerprint density at radius 2 is 2.25 bits per heavy atom. The number of carbonyl (C=O) groups is 1. The fraction of sp³-hybridized carbons (Fsp3) is 0.500. The summed E-state index contributed by atoms with van der Waals surface area (Å²) < 4.78 is 1.10. The van der Waals surface area contributed by atoms with E-state index in [1.807, 2.05) is 12.1 Å². The van der Waals surface area contributed by atoms with E-state index in [9.17, 15) is 4.79 Å². The van der Waals surface area contributed by atoms with Gasteiger partial charge in [-0.3, -0.25) is 4.79 Å². The second-order valence-electron chi connectivity index (χ2n) is 4.88. The molecule has 0 radical (unpaired) electrons. The summed E-state index contributed by atoms with van der Waals surface area (Å²) >= 11 is 3.47. The molecular formula is C14H17BrO. The van der Waals surface area contributed by atoms with E-state index in [2.05, 4.69) is 35.0 Å². The highest BCUT2D eigenvalue weighted by molar-refractivity contribution is 9.10. The van der Waals surface area contributed by atoms with Gasteiger partial charge in [0.05, 0.1) is 0 Å². The molecule has 0 N–H and O–H groups in total. The van der Waals surface area contributed by atoms with E-state index in [1.54, 1.807) is 0 Å². The van der Waals surface area contributed by atoms with E-state index < -0.39 is 0 Å². The van der Waals surface area contributed by atoms with Gasteiger partial charge in [0, 0.05) is 16.8 Å². The fourth-order valence-electron chi connectivity index (χ4n) is 2.47. The summed E-state index contributed by atoms with van der Waals surface area (Å²) in [6, 6.07) is 8.29. The van der Waals surface area contributed by atoms with E-state index in [0.29, 0.717) is 11.7 Å². The molecule has 1 aliphatic rings. The van der Waals surface area contributed by atoms with Crippen molar-refractivity contribution in [1.29, 1.82) is 0 Å². The van der Waals surface area contributed by atoms with Gasteiger partial charge in [0.15, 0.2) is 0 Å². The van der Waals surface area contributed by atoms with E-state index in [1.165, 1.54) is 5.56 Å². The third-order valence-corrected chi connectivity index (χ3v) is 3.89. The Balaban J connectivity index is 2.05. The summed E-state index contributed by atoms with van der Waals surface area (Å²) in [7, 11) is 0. The molecular weight excluding hydrogens is 264 g/mol. The first-order chi connectivity index (χ1) is 7.65. The third kappa shape index (κ3) is 2.94. The van der Waals surface area contributed by atoms with Crippen molar-refractivity contribution >= 4 is 21.7 Å². The molecule has 1 fully saturated rings. The molecule has 2 heteroatoms. The topological polar surface area (TPSA) is 17.1 Å². The van der Waals surface area contributed by atoms with E-state index >= 15 is 0 Å². The Morgan fingerprint density at radius 1 is 1.44 bits per heavy atom. The van der Waals surface area contributed by atoms with Crippen molar-refractivity contribution in [3.8, 4) is 0 Å². The first kappa shape index (κ1) is 11.8. The number of rotatable bonds is 2. The van der Waals surface area contributed by atoms with Crippen LogP contribution in [0.25, 0.3) is 0 Å². The molecule has 0 heterocycles. The Bertz CT molecular complexity index is 386. The van der Waals surface area contributed by atoms with Crippen molar-refractivity contribution in [1.82, 2.24) is 0 Å². The van der Waals surface area contributed by atoms with Gasteiger partial charge >= 0.3 is 0 Å². The lowest BCUT2D eigenvalue weighted by molar-refractivity contribution is -0.125. The van der Waals surface area contributed by atoms with E-state index in [-0.39, 0.29) is 5.92 Å². The molecule has 1 saturated carbocycles. The lowest BCUT2D eigenvalue weighted by atomic mass is 9.78. The summed E-state index contributed by atoms with van der Waals surface area (Å²) in [4.78, 5) is 11.8. The average Bonchev–Trinajstić information content (AvgIpc) is 2.24. The van der Waals surface area contributed by atoms with Gasteiger partial charge in [-0.15, -0.1) is 0 Å². The smallest absolute Gasteiger partial charge is 0.136 e. The summed E-state index contributed by atoms with van der Waals surface area (Å²) in [5.74, 6) is 1.41. The van der Waals surface area contributed by atoms with E-state index in [0.717, 1.165) is 30.2 Å². The molecule has 86 valence electrons. The minimum absolute atomic E-state index is 0.248. The van der Waals surface area contributed by atoms with Crippen molar-refractivity contribution in [2.24, 2.45) is 11.8 Å². The average molecular weight is 281 g/mol. The summed E-state index contributed by atoms with van der Waals surface area (Å²) in [6.45, 7) is 2.25. The van der Waals surface area contributed by atoms with Gasteiger partial charge < -0.3 is 0 Å². The zero-order valence-corrected chi connectivity index (χ0v) is 11.2. The Hall–Kier alpha value is -0.630. The second kappa shape index (κ2) is 5.13. The number of Topliss-reactive ketones (excluding diaryl/α,β-unsaturated/α-hetero) is 1. The van der Waals surface area contributed by atoms with Gasteiger partial charge in [-0.2, -0.15) is 0 Å². The molecule has 1 aromatic rings. The van der Waals surface area contributed by atoms with Crippen LogP contribution in [-0.4, -0.2) is 5.78 Å². The van der Waals surface area contributed by atoms with Crippen molar-refractivity contribution in [3.05, 3.63) is 34.3 Å². The predicted octanol–water partition coefficient (Wildman–Crippen LogP) is 4.00. The van der Waals surface area contributed by atoms with Crippen molar-refractivity contribution < 1.29 is 4.79 Å². The van der Waals surface area contributed by atoms with Crippen LogP contribution < -0.4 is 0 Å². The molecule has 0 aliphatic heterocycles. The Morgan fingerprint density at radius 3 is 3.00 bits per heavy atom. The van der Waals surface area contributed by atoms with Crippen molar-refractivity contribution in [2.45, 2.75) is 32.6 Å².